The number of carbonyl (C=O) groups is 1. The average Bonchev–Trinajstić information content (AvgIpc) is 3.02. The van der Waals surface area contributed by atoms with Gasteiger partial charge in [0.25, 0.3) is 0 Å². The van der Waals surface area contributed by atoms with Crippen LogP contribution in [0.15, 0.2) is 36.5 Å². The minimum absolute atomic E-state index is 0.0922. The highest BCUT2D eigenvalue weighted by molar-refractivity contribution is 6.14. The lowest BCUT2D eigenvalue weighted by Crippen LogP contribution is -2.06. The summed E-state index contributed by atoms with van der Waals surface area (Å²) in [6.07, 6.45) is 1.43. The zero-order valence-electron chi connectivity index (χ0n) is 12.4. The van der Waals surface area contributed by atoms with Gasteiger partial charge < -0.3 is 14.6 Å². The Morgan fingerprint density at radius 2 is 2.17 bits per heavy atom. The predicted octanol–water partition coefficient (Wildman–Crippen LogP) is 1.57. The number of aromatic nitrogens is 3. The van der Waals surface area contributed by atoms with E-state index in [4.69, 9.17) is 14.6 Å². The Labute approximate surface area is 131 Å². The van der Waals surface area contributed by atoms with Crippen LogP contribution < -0.4 is 9.47 Å². The van der Waals surface area contributed by atoms with Gasteiger partial charge in [-0.15, -0.1) is 0 Å². The van der Waals surface area contributed by atoms with E-state index in [0.717, 1.165) is 10.9 Å². The van der Waals surface area contributed by atoms with Gasteiger partial charge in [-0.2, -0.15) is 5.10 Å². The SMILES string of the molecule is COc1ccc2c(C(=O)c3ccc(OCCO)nc3)n[nH]c2c1. The second-order valence-corrected chi connectivity index (χ2v) is 4.77. The van der Waals surface area contributed by atoms with E-state index >= 15 is 0 Å². The second-order valence-electron chi connectivity index (χ2n) is 4.77. The first kappa shape index (κ1) is 15.0. The van der Waals surface area contributed by atoms with Crippen LogP contribution in [0.4, 0.5) is 0 Å². The van der Waals surface area contributed by atoms with Crippen molar-refractivity contribution in [3.05, 3.63) is 47.8 Å². The maximum Gasteiger partial charge on any atom is 0.215 e. The number of nitrogens with zero attached hydrogens (tertiary/aromatic N) is 2. The number of methoxy groups -OCH3 is 1. The molecule has 7 nitrogen and oxygen atoms in total. The maximum absolute atomic E-state index is 12.6. The lowest BCUT2D eigenvalue weighted by atomic mass is 10.1. The largest absolute Gasteiger partial charge is 0.497 e. The average molecular weight is 313 g/mol. The molecule has 3 rings (SSSR count). The molecule has 3 aromatic rings. The van der Waals surface area contributed by atoms with Crippen LogP contribution in [-0.4, -0.2) is 46.4 Å². The van der Waals surface area contributed by atoms with E-state index in [1.165, 1.54) is 6.20 Å². The molecule has 0 radical (unpaired) electrons. The molecule has 0 saturated heterocycles. The molecule has 1 aromatic carbocycles. The zero-order valence-corrected chi connectivity index (χ0v) is 12.4. The highest BCUT2D eigenvalue weighted by Crippen LogP contribution is 2.23. The summed E-state index contributed by atoms with van der Waals surface area (Å²) in [7, 11) is 1.58. The monoisotopic (exact) mass is 313 g/mol. The third-order valence-corrected chi connectivity index (χ3v) is 3.32. The number of aromatic amines is 1. The smallest absolute Gasteiger partial charge is 0.215 e. The van der Waals surface area contributed by atoms with Gasteiger partial charge in [0.1, 0.15) is 18.1 Å². The number of fused-ring (bicyclic) bond motifs is 1. The fourth-order valence-electron chi connectivity index (χ4n) is 2.19. The van der Waals surface area contributed by atoms with Crippen LogP contribution in [0.1, 0.15) is 16.1 Å². The Hall–Kier alpha value is -2.93. The maximum atomic E-state index is 12.6. The third kappa shape index (κ3) is 3.00. The summed E-state index contributed by atoms with van der Waals surface area (Å²) in [5, 5.41) is 16.4. The first-order chi connectivity index (χ1) is 11.2. The van der Waals surface area contributed by atoms with E-state index in [2.05, 4.69) is 15.2 Å². The quantitative estimate of drug-likeness (QED) is 0.670. The van der Waals surface area contributed by atoms with E-state index in [0.29, 0.717) is 22.9 Å². The van der Waals surface area contributed by atoms with Crippen molar-refractivity contribution in [2.45, 2.75) is 0 Å². The van der Waals surface area contributed by atoms with Gasteiger partial charge >= 0.3 is 0 Å². The molecular formula is C16H15N3O4. The van der Waals surface area contributed by atoms with Gasteiger partial charge in [-0.05, 0) is 18.2 Å². The lowest BCUT2D eigenvalue weighted by Gasteiger charge is -2.03. The fraction of sp³-hybridized carbons (Fsp3) is 0.188. The van der Waals surface area contributed by atoms with Crippen molar-refractivity contribution >= 4 is 16.7 Å². The lowest BCUT2D eigenvalue weighted by molar-refractivity contribution is 0.103. The van der Waals surface area contributed by atoms with Gasteiger partial charge in [0.15, 0.2) is 0 Å². The molecule has 0 saturated carbocycles. The molecule has 2 aromatic heterocycles. The normalized spacial score (nSPS) is 10.7. The van der Waals surface area contributed by atoms with E-state index in [1.54, 1.807) is 37.4 Å². The first-order valence-electron chi connectivity index (χ1n) is 6.99. The molecule has 0 aliphatic rings. The van der Waals surface area contributed by atoms with E-state index < -0.39 is 0 Å². The van der Waals surface area contributed by atoms with Crippen molar-refractivity contribution in [1.82, 2.24) is 15.2 Å². The van der Waals surface area contributed by atoms with Crippen LogP contribution in [-0.2, 0) is 0 Å². The Balaban J connectivity index is 1.88. The zero-order chi connectivity index (χ0) is 16.2. The molecule has 0 bridgehead atoms. The molecule has 0 fully saturated rings. The summed E-state index contributed by atoms with van der Waals surface area (Å²) in [5.74, 6) is 0.807. The number of nitrogens with one attached hydrogen (secondary N) is 1. The Morgan fingerprint density at radius 1 is 1.30 bits per heavy atom. The number of carbonyl (C=O) groups excluding carboxylic acids is 1. The molecule has 0 atom stereocenters. The van der Waals surface area contributed by atoms with E-state index in [-0.39, 0.29) is 19.0 Å². The highest BCUT2D eigenvalue weighted by atomic mass is 16.5. The topological polar surface area (TPSA) is 97.3 Å². The van der Waals surface area contributed by atoms with Gasteiger partial charge in [-0.3, -0.25) is 9.89 Å². The molecule has 118 valence electrons. The van der Waals surface area contributed by atoms with E-state index in [9.17, 15) is 4.79 Å². The summed E-state index contributed by atoms with van der Waals surface area (Å²) < 4.78 is 10.3. The summed E-state index contributed by atoms with van der Waals surface area (Å²) in [5.41, 5.74) is 1.46. The van der Waals surface area contributed by atoms with Crippen LogP contribution in [0.2, 0.25) is 0 Å². The number of H-pyrrole nitrogens is 1. The summed E-state index contributed by atoms with van der Waals surface area (Å²) in [6.45, 7) is 0.0667. The molecule has 2 N–H and O–H groups in total. The Morgan fingerprint density at radius 3 is 2.87 bits per heavy atom. The summed E-state index contributed by atoms with van der Waals surface area (Å²) >= 11 is 0. The molecular weight excluding hydrogens is 298 g/mol. The van der Waals surface area contributed by atoms with Crippen molar-refractivity contribution in [3.8, 4) is 11.6 Å². The fourth-order valence-corrected chi connectivity index (χ4v) is 2.19. The van der Waals surface area contributed by atoms with Crippen LogP contribution >= 0.6 is 0 Å². The van der Waals surface area contributed by atoms with Crippen molar-refractivity contribution in [2.24, 2.45) is 0 Å². The molecule has 0 unspecified atom stereocenters. The molecule has 0 aliphatic carbocycles. The van der Waals surface area contributed by atoms with Crippen LogP contribution in [0.25, 0.3) is 10.9 Å². The third-order valence-electron chi connectivity index (χ3n) is 3.32. The number of ketones is 1. The van der Waals surface area contributed by atoms with Crippen LogP contribution in [0.5, 0.6) is 11.6 Å². The molecule has 0 spiro atoms. The number of aliphatic hydroxyl groups excluding tert-OH is 1. The first-order valence-corrected chi connectivity index (χ1v) is 6.99. The highest BCUT2D eigenvalue weighted by Gasteiger charge is 2.17. The summed E-state index contributed by atoms with van der Waals surface area (Å²) in [6, 6.07) is 8.55. The number of hydrogen-bond acceptors (Lipinski definition) is 6. The van der Waals surface area contributed by atoms with Crippen molar-refractivity contribution in [2.75, 3.05) is 20.3 Å². The molecule has 23 heavy (non-hydrogen) atoms. The summed E-state index contributed by atoms with van der Waals surface area (Å²) in [4.78, 5) is 16.6. The number of aliphatic hydroxyl groups is 1. The number of ether oxygens (including phenoxy) is 2. The van der Waals surface area contributed by atoms with Gasteiger partial charge in [0.05, 0.1) is 19.2 Å². The van der Waals surface area contributed by atoms with Gasteiger partial charge in [0, 0.05) is 29.3 Å². The number of benzene rings is 1. The van der Waals surface area contributed by atoms with Crippen molar-refractivity contribution < 1.29 is 19.4 Å². The minimum atomic E-state index is -0.234. The number of pyridine rings is 1. The van der Waals surface area contributed by atoms with Crippen molar-refractivity contribution in [3.63, 3.8) is 0 Å². The van der Waals surface area contributed by atoms with Gasteiger partial charge in [-0.25, -0.2) is 4.98 Å². The van der Waals surface area contributed by atoms with Gasteiger partial charge in [0.2, 0.25) is 11.7 Å². The number of hydrogen-bond donors (Lipinski definition) is 2. The minimum Gasteiger partial charge on any atom is -0.497 e. The number of rotatable bonds is 6. The molecule has 0 amide bonds. The van der Waals surface area contributed by atoms with Crippen molar-refractivity contribution in [1.29, 1.82) is 0 Å². The molecule has 2 heterocycles. The van der Waals surface area contributed by atoms with E-state index in [1.807, 2.05) is 0 Å². The Bertz CT molecular complexity index is 827. The van der Waals surface area contributed by atoms with Crippen LogP contribution in [0, 0.1) is 0 Å². The standard InChI is InChI=1S/C16H15N3O4/c1-22-11-3-4-12-13(8-11)18-19-15(12)16(21)10-2-5-14(17-9-10)23-7-6-20/h2-5,8-9,20H,6-7H2,1H3,(H,18,19). The molecule has 0 aliphatic heterocycles. The predicted molar refractivity (Wildman–Crippen MR) is 82.9 cm³/mol. The van der Waals surface area contributed by atoms with Crippen LogP contribution in [0.3, 0.4) is 0 Å². The second kappa shape index (κ2) is 6.45. The molecule has 7 heteroatoms. The van der Waals surface area contributed by atoms with Gasteiger partial charge in [-0.1, -0.05) is 0 Å². The Kier molecular flexibility index (Phi) is 4.20.